The van der Waals surface area contributed by atoms with E-state index in [-0.39, 0.29) is 0 Å². The van der Waals surface area contributed by atoms with E-state index in [0.717, 1.165) is 0 Å². The summed E-state index contributed by atoms with van der Waals surface area (Å²) in [5.74, 6) is 0. The minimum absolute atomic E-state index is 1.21. The van der Waals surface area contributed by atoms with E-state index in [1.165, 1.54) is 96.1 Å². The summed E-state index contributed by atoms with van der Waals surface area (Å²) in [6.07, 6.45) is 0. The molecule has 0 saturated heterocycles. The fourth-order valence-corrected chi connectivity index (χ4v) is 13.3. The van der Waals surface area contributed by atoms with Gasteiger partial charge >= 0.3 is 0 Å². The average molecular weight is 769 g/mol. The third-order valence-corrected chi connectivity index (χ3v) is 15.9. The molecule has 11 aromatic carbocycles. The Balaban J connectivity index is 1.25. The summed E-state index contributed by atoms with van der Waals surface area (Å²) < 4.78 is 0. The summed E-state index contributed by atoms with van der Waals surface area (Å²) in [5, 5.41) is 10.0. The molecule has 0 aliphatic carbocycles. The first-order valence-electron chi connectivity index (χ1n) is 20.3. The second-order valence-electron chi connectivity index (χ2n) is 15.2. The van der Waals surface area contributed by atoms with Crippen LogP contribution in [0.3, 0.4) is 0 Å². The summed E-state index contributed by atoms with van der Waals surface area (Å²) in [5.41, 5.74) is 7.46. The molecule has 0 N–H and O–H groups in total. The smallest absolute Gasteiger partial charge is 0.00295 e. The second-order valence-corrected chi connectivity index (χ2v) is 18.3. The van der Waals surface area contributed by atoms with Gasteiger partial charge in [-0.3, -0.25) is 0 Å². The van der Waals surface area contributed by atoms with Crippen LogP contribution in [0.2, 0.25) is 0 Å². The summed E-state index contributed by atoms with van der Waals surface area (Å²) in [6.45, 7) is 0. The Bertz CT molecular complexity index is 3190. The van der Waals surface area contributed by atoms with E-state index in [9.17, 15) is 0 Å². The van der Waals surface area contributed by atoms with E-state index in [4.69, 9.17) is 0 Å². The summed E-state index contributed by atoms with van der Waals surface area (Å²) in [4.78, 5) is 5.25. The molecule has 0 atom stereocenters. The molecular formula is C58H40S. The number of hydrogen-bond donors (Lipinski definition) is 0. The Labute approximate surface area is 347 Å². The molecule has 278 valence electrons. The molecule has 0 unspecified atom stereocenters. The third kappa shape index (κ3) is 5.77. The highest BCUT2D eigenvalue weighted by molar-refractivity contribution is 8.34. The van der Waals surface area contributed by atoms with E-state index in [1.807, 2.05) is 0 Å². The Morgan fingerprint density at radius 2 is 0.627 bits per heavy atom. The largest absolute Gasteiger partial charge is 0.133 e. The molecule has 11 aromatic rings. The zero-order valence-corrected chi connectivity index (χ0v) is 33.3. The summed E-state index contributed by atoms with van der Waals surface area (Å²) in [7, 11) is -1.93. The number of rotatable bonds is 7. The lowest BCUT2D eigenvalue weighted by Crippen LogP contribution is -2.05. The predicted octanol–water partition coefficient (Wildman–Crippen LogP) is 16.6. The molecule has 0 radical (unpaired) electrons. The molecule has 0 aliphatic heterocycles. The van der Waals surface area contributed by atoms with Crippen LogP contribution >= 0.6 is 10.0 Å². The van der Waals surface area contributed by atoms with Crippen LogP contribution in [-0.2, 0) is 0 Å². The van der Waals surface area contributed by atoms with Gasteiger partial charge in [0.1, 0.15) is 0 Å². The van der Waals surface area contributed by atoms with Crippen LogP contribution in [0.1, 0.15) is 0 Å². The van der Waals surface area contributed by atoms with Gasteiger partial charge in [0.15, 0.2) is 0 Å². The van der Waals surface area contributed by atoms with E-state index in [1.54, 1.807) is 0 Å². The van der Waals surface area contributed by atoms with E-state index in [0.29, 0.717) is 0 Å². The monoisotopic (exact) mass is 768 g/mol. The minimum atomic E-state index is -1.93. The molecule has 0 spiro atoms. The molecule has 11 rings (SSSR count). The van der Waals surface area contributed by atoms with Gasteiger partial charge < -0.3 is 0 Å². The standard InChI is InChI=1S/C58H40S/c1-4-22-45(23-5-1)59(46-24-6-2-7-25-46,47-26-8-3-9-27-47)48-38-39-55-56(40-48)58(52-33-17-21-42-19-11-13-29-51(42)52)54-31-15-14-30-53(54)57(55)44-36-34-43(35-37-44)50-32-16-20-41-18-10-12-28-49(41)50/h1-40H. The van der Waals surface area contributed by atoms with Crippen molar-refractivity contribution in [3.63, 3.8) is 0 Å². The van der Waals surface area contributed by atoms with Crippen molar-refractivity contribution in [1.82, 2.24) is 0 Å². The minimum Gasteiger partial charge on any atom is -0.133 e. The fraction of sp³-hybridized carbons (Fsp3) is 0. The zero-order valence-electron chi connectivity index (χ0n) is 32.5. The van der Waals surface area contributed by atoms with Crippen LogP contribution in [0, 0.1) is 0 Å². The molecule has 0 heterocycles. The van der Waals surface area contributed by atoms with E-state index in [2.05, 4.69) is 243 Å². The predicted molar refractivity (Wildman–Crippen MR) is 253 cm³/mol. The number of hydrogen-bond acceptors (Lipinski definition) is 0. The fourth-order valence-electron chi connectivity index (χ4n) is 9.38. The lowest BCUT2D eigenvalue weighted by molar-refractivity contribution is 1.25. The first kappa shape index (κ1) is 35.0. The van der Waals surface area contributed by atoms with E-state index < -0.39 is 10.0 Å². The SMILES string of the molecule is c1ccc(S(c2ccccc2)(c2ccccc2)c2ccc3c(-c4ccc(-c5cccc6ccccc56)cc4)c4ccccc4c(-c4cccc5ccccc45)c3c2)cc1. The lowest BCUT2D eigenvalue weighted by Gasteiger charge is -2.42. The Hall–Kier alpha value is -7.19. The van der Waals surface area contributed by atoms with Crippen LogP contribution in [0.5, 0.6) is 0 Å². The van der Waals surface area contributed by atoms with Crippen LogP contribution in [-0.4, -0.2) is 0 Å². The van der Waals surface area contributed by atoms with Crippen LogP contribution in [0.4, 0.5) is 0 Å². The van der Waals surface area contributed by atoms with Crippen molar-refractivity contribution in [3.05, 3.63) is 243 Å². The van der Waals surface area contributed by atoms with Crippen molar-refractivity contribution < 1.29 is 0 Å². The zero-order chi connectivity index (χ0) is 39.2. The number of fused-ring (bicyclic) bond motifs is 4. The molecule has 0 saturated carbocycles. The molecule has 0 fully saturated rings. The molecular weight excluding hydrogens is 729 g/mol. The van der Waals surface area contributed by atoms with Gasteiger partial charge in [-0.2, -0.15) is 0 Å². The Morgan fingerprint density at radius 1 is 0.220 bits per heavy atom. The van der Waals surface area contributed by atoms with Gasteiger partial charge in [0.25, 0.3) is 0 Å². The lowest BCUT2D eigenvalue weighted by atomic mass is 9.84. The summed E-state index contributed by atoms with van der Waals surface area (Å²) in [6, 6.07) is 90.1. The maximum Gasteiger partial charge on any atom is 0.00295 e. The maximum atomic E-state index is 2.55. The Morgan fingerprint density at radius 3 is 1.19 bits per heavy atom. The molecule has 0 amide bonds. The molecule has 0 bridgehead atoms. The van der Waals surface area contributed by atoms with Gasteiger partial charge in [-0.05, 0) is 125 Å². The third-order valence-electron chi connectivity index (χ3n) is 12.0. The topological polar surface area (TPSA) is 0 Å². The highest BCUT2D eigenvalue weighted by atomic mass is 32.3. The molecule has 0 aromatic heterocycles. The molecule has 0 aliphatic rings. The van der Waals surface area contributed by atoms with Gasteiger partial charge in [-0.25, -0.2) is 0 Å². The van der Waals surface area contributed by atoms with Crippen molar-refractivity contribution in [2.24, 2.45) is 0 Å². The molecule has 1 heteroatoms. The van der Waals surface area contributed by atoms with Gasteiger partial charge in [-0.15, -0.1) is 10.0 Å². The van der Waals surface area contributed by atoms with Crippen molar-refractivity contribution in [1.29, 1.82) is 0 Å². The van der Waals surface area contributed by atoms with Crippen LogP contribution < -0.4 is 0 Å². The normalized spacial score (nSPS) is 12.0. The molecule has 59 heavy (non-hydrogen) atoms. The maximum absolute atomic E-state index is 2.55. The Kier molecular flexibility index (Phi) is 8.68. The van der Waals surface area contributed by atoms with Crippen molar-refractivity contribution in [2.75, 3.05) is 0 Å². The van der Waals surface area contributed by atoms with Crippen molar-refractivity contribution in [2.45, 2.75) is 19.6 Å². The van der Waals surface area contributed by atoms with E-state index >= 15 is 0 Å². The van der Waals surface area contributed by atoms with Gasteiger partial charge in [0, 0.05) is 19.6 Å². The van der Waals surface area contributed by atoms with Crippen molar-refractivity contribution in [3.8, 4) is 33.4 Å². The second kappa shape index (κ2) is 14.6. The average Bonchev–Trinajstić information content (AvgIpc) is 3.32. The van der Waals surface area contributed by atoms with Crippen molar-refractivity contribution >= 4 is 53.1 Å². The van der Waals surface area contributed by atoms with Gasteiger partial charge in [0.05, 0.1) is 0 Å². The van der Waals surface area contributed by atoms with Crippen LogP contribution in [0.25, 0.3) is 76.5 Å². The summed E-state index contributed by atoms with van der Waals surface area (Å²) >= 11 is 0. The van der Waals surface area contributed by atoms with Gasteiger partial charge in [-0.1, -0.05) is 194 Å². The van der Waals surface area contributed by atoms with Gasteiger partial charge in [0.2, 0.25) is 0 Å². The highest BCUT2D eigenvalue weighted by Gasteiger charge is 2.34. The number of benzene rings is 11. The first-order valence-corrected chi connectivity index (χ1v) is 22.0. The first-order chi connectivity index (χ1) is 29.3. The quantitative estimate of drug-likeness (QED) is 0.142. The van der Waals surface area contributed by atoms with Crippen LogP contribution in [0.15, 0.2) is 262 Å². The highest BCUT2D eigenvalue weighted by Crippen LogP contribution is 2.73. The molecule has 0 nitrogen and oxygen atoms in total.